The van der Waals surface area contributed by atoms with E-state index in [1.807, 2.05) is 0 Å². The summed E-state index contributed by atoms with van der Waals surface area (Å²) in [4.78, 5) is 6.38. The largest absolute Gasteiger partial charge is 0.418 e. The highest BCUT2D eigenvalue weighted by molar-refractivity contribution is 7.70. The Morgan fingerprint density at radius 2 is 1.46 bits per heavy atom. The lowest BCUT2D eigenvalue weighted by molar-refractivity contribution is -0.142. The van der Waals surface area contributed by atoms with E-state index in [1.54, 1.807) is 6.07 Å². The highest BCUT2D eigenvalue weighted by atomic mass is 32.2. The van der Waals surface area contributed by atoms with Crippen molar-refractivity contribution in [3.8, 4) is 22.5 Å². The minimum Gasteiger partial charge on any atom is -0.338 e. The molecule has 0 radical (unpaired) electrons. The molecule has 13 heteroatoms. The second kappa shape index (κ2) is 8.96. The molecule has 0 aliphatic heterocycles. The monoisotopic (exact) mass is 517 g/mol. The van der Waals surface area contributed by atoms with Crippen LogP contribution in [0.25, 0.3) is 33.5 Å². The zero-order valence-electron chi connectivity index (χ0n) is 17.3. The molecule has 3 aromatic carbocycles. The van der Waals surface area contributed by atoms with Crippen molar-refractivity contribution in [3.63, 3.8) is 0 Å². The molecule has 0 unspecified atom stereocenters. The van der Waals surface area contributed by atoms with Gasteiger partial charge in [-0.25, -0.2) is 22.5 Å². The quantitative estimate of drug-likeness (QED) is 0.235. The Hall–Kier alpha value is -3.45. The number of aromatic nitrogens is 2. The van der Waals surface area contributed by atoms with E-state index in [2.05, 4.69) is 14.7 Å². The van der Waals surface area contributed by atoms with Crippen LogP contribution in [0, 0.1) is 5.82 Å². The van der Waals surface area contributed by atoms with E-state index in [-0.39, 0.29) is 24.0 Å². The molecular weight excluding hydrogens is 503 g/mol. The summed E-state index contributed by atoms with van der Waals surface area (Å²) in [6.07, 6.45) is -10.0. The van der Waals surface area contributed by atoms with Crippen LogP contribution in [0.5, 0.6) is 0 Å². The summed E-state index contributed by atoms with van der Waals surface area (Å²) in [7, 11) is -2.88. The summed E-state index contributed by atoms with van der Waals surface area (Å²) < 4.78 is 117. The molecule has 4 aromatic rings. The van der Waals surface area contributed by atoms with E-state index < -0.39 is 51.2 Å². The molecule has 4 rings (SSSR count). The molecular formula is C22H14F7N3O2S. The molecule has 0 fully saturated rings. The van der Waals surface area contributed by atoms with Gasteiger partial charge >= 0.3 is 12.4 Å². The number of nitrogens with one attached hydrogen (secondary N) is 2. The molecule has 5 nitrogen and oxygen atoms in total. The van der Waals surface area contributed by atoms with E-state index in [9.17, 15) is 39.2 Å². The summed E-state index contributed by atoms with van der Waals surface area (Å²) in [5.41, 5.74) is -2.61. The summed E-state index contributed by atoms with van der Waals surface area (Å²) in [5.74, 6) is -0.718. The first-order chi connectivity index (χ1) is 16.3. The Balaban J connectivity index is 1.68. The van der Waals surface area contributed by atoms with Crippen molar-refractivity contribution < 1.29 is 39.2 Å². The number of hydrogen-bond donors (Lipinski definition) is 3. The van der Waals surface area contributed by atoms with Crippen molar-refractivity contribution in [1.29, 1.82) is 0 Å². The van der Waals surface area contributed by atoms with E-state index >= 15 is 0 Å². The first-order valence-electron chi connectivity index (χ1n) is 9.78. The van der Waals surface area contributed by atoms with Crippen LogP contribution in [0.1, 0.15) is 16.7 Å². The second-order valence-corrected chi connectivity index (χ2v) is 8.31. The average Bonchev–Trinajstić information content (AvgIpc) is 3.20. The molecule has 0 amide bonds. The van der Waals surface area contributed by atoms with Crippen LogP contribution < -0.4 is 4.72 Å². The van der Waals surface area contributed by atoms with Gasteiger partial charge in [0.2, 0.25) is 10.9 Å². The Kier molecular flexibility index (Phi) is 6.32. The summed E-state index contributed by atoms with van der Waals surface area (Å²) >= 11 is 0. The lowest BCUT2D eigenvalue weighted by Gasteiger charge is -2.11. The second-order valence-electron chi connectivity index (χ2n) is 7.48. The Bertz CT molecular complexity index is 1470. The van der Waals surface area contributed by atoms with Gasteiger partial charge < -0.3 is 4.98 Å². The fourth-order valence-electron chi connectivity index (χ4n) is 3.47. The number of aromatic amines is 1. The number of hydrogen-bond acceptors (Lipinski definition) is 3. The third-order valence-electron chi connectivity index (χ3n) is 5.16. The predicted octanol–water partition coefficient (Wildman–Crippen LogP) is 5.69. The molecule has 0 atom stereocenters. The fourth-order valence-corrected chi connectivity index (χ4v) is 3.77. The summed E-state index contributed by atoms with van der Waals surface area (Å²) in [6, 6.07) is 10.8. The van der Waals surface area contributed by atoms with Crippen LogP contribution in [0.2, 0.25) is 0 Å². The topological polar surface area (TPSA) is 74.8 Å². The van der Waals surface area contributed by atoms with Crippen LogP contribution in [0.3, 0.4) is 0 Å². The van der Waals surface area contributed by atoms with Crippen molar-refractivity contribution in [2.24, 2.45) is 0 Å². The van der Waals surface area contributed by atoms with Crippen LogP contribution in [-0.2, 0) is 29.8 Å². The molecule has 0 spiro atoms. The third kappa shape index (κ3) is 5.30. The first kappa shape index (κ1) is 24.7. The Morgan fingerprint density at radius 1 is 0.829 bits per heavy atom. The predicted molar refractivity (Wildman–Crippen MR) is 114 cm³/mol. The number of benzene rings is 3. The SMILES string of the molecule is O=[SH](=O)NCc1ccc(-c2ccc(-c3nc4c(C(F)(F)F)cc(C(F)(F)F)cc4[nH]3)cc2)cc1F. The Morgan fingerprint density at radius 3 is 2.03 bits per heavy atom. The minimum atomic E-state index is -5.05. The van der Waals surface area contributed by atoms with Gasteiger partial charge in [-0.15, -0.1) is 0 Å². The standard InChI is InChI=1S/C22H14F7N3O2S/c23-17-7-13(5-6-14(17)10-30-35(33)34)11-1-3-12(4-2-11)20-31-18-9-15(21(24,25)26)8-16(19(18)32-20)22(27,28)29/h1-9,35H,10H2,(H,31,32)(H,30,33,34). The minimum absolute atomic E-state index is 0.0269. The van der Waals surface area contributed by atoms with E-state index in [4.69, 9.17) is 0 Å². The summed E-state index contributed by atoms with van der Waals surface area (Å²) in [6.45, 7) is -0.216. The maximum Gasteiger partial charge on any atom is 0.418 e. The maximum absolute atomic E-state index is 14.3. The van der Waals surface area contributed by atoms with Crippen LogP contribution in [0.4, 0.5) is 30.7 Å². The molecule has 35 heavy (non-hydrogen) atoms. The van der Waals surface area contributed by atoms with Gasteiger partial charge in [0.05, 0.1) is 16.6 Å². The van der Waals surface area contributed by atoms with E-state index in [0.29, 0.717) is 22.8 Å². The van der Waals surface area contributed by atoms with Crippen LogP contribution in [0.15, 0.2) is 54.6 Å². The molecule has 1 heterocycles. The zero-order valence-corrected chi connectivity index (χ0v) is 18.2. The van der Waals surface area contributed by atoms with Crippen molar-refractivity contribution >= 4 is 21.9 Å². The molecule has 0 aliphatic rings. The van der Waals surface area contributed by atoms with E-state index in [0.717, 1.165) is 0 Å². The fraction of sp³-hybridized carbons (Fsp3) is 0.136. The highest BCUT2D eigenvalue weighted by Gasteiger charge is 2.39. The van der Waals surface area contributed by atoms with Gasteiger partial charge in [0.25, 0.3) is 0 Å². The van der Waals surface area contributed by atoms with Gasteiger partial charge in [-0.2, -0.15) is 26.3 Å². The van der Waals surface area contributed by atoms with Gasteiger partial charge in [0.1, 0.15) is 17.2 Å². The average molecular weight is 517 g/mol. The zero-order chi connectivity index (χ0) is 25.5. The van der Waals surface area contributed by atoms with Crippen LogP contribution >= 0.6 is 0 Å². The molecule has 0 aliphatic carbocycles. The van der Waals surface area contributed by atoms with Gasteiger partial charge in [-0.3, -0.25) is 0 Å². The molecule has 184 valence electrons. The molecule has 1 aromatic heterocycles. The number of halogens is 7. The number of H-pyrrole nitrogens is 1. The lowest BCUT2D eigenvalue weighted by Crippen LogP contribution is -2.11. The number of imidazole rings is 1. The van der Waals surface area contributed by atoms with Crippen LogP contribution in [-0.4, -0.2) is 18.4 Å². The van der Waals surface area contributed by atoms with Gasteiger partial charge in [-0.1, -0.05) is 36.4 Å². The highest BCUT2D eigenvalue weighted by Crippen LogP contribution is 2.40. The van der Waals surface area contributed by atoms with Gasteiger partial charge in [0.15, 0.2) is 0 Å². The number of nitrogens with zero attached hydrogens (tertiary/aromatic N) is 1. The van der Waals surface area contributed by atoms with Crippen molar-refractivity contribution in [2.45, 2.75) is 18.9 Å². The maximum atomic E-state index is 14.3. The Labute approximate surface area is 194 Å². The molecule has 2 N–H and O–H groups in total. The molecule has 0 saturated carbocycles. The van der Waals surface area contributed by atoms with Gasteiger partial charge in [-0.05, 0) is 29.3 Å². The number of thiol groups is 1. The molecule has 0 saturated heterocycles. The normalized spacial score (nSPS) is 12.6. The summed E-state index contributed by atoms with van der Waals surface area (Å²) in [5, 5.41) is 0. The molecule has 0 bridgehead atoms. The van der Waals surface area contributed by atoms with Crippen molar-refractivity contribution in [1.82, 2.24) is 14.7 Å². The van der Waals surface area contributed by atoms with Gasteiger partial charge in [0, 0.05) is 17.7 Å². The lowest BCUT2D eigenvalue weighted by atomic mass is 10.0. The first-order valence-corrected chi connectivity index (χ1v) is 11.0. The number of alkyl halides is 6. The van der Waals surface area contributed by atoms with E-state index in [1.165, 1.54) is 36.4 Å². The van der Waals surface area contributed by atoms with Crippen molar-refractivity contribution in [2.75, 3.05) is 0 Å². The smallest absolute Gasteiger partial charge is 0.338 e. The number of rotatable bonds is 5. The van der Waals surface area contributed by atoms with Crippen molar-refractivity contribution in [3.05, 3.63) is 77.1 Å². The third-order valence-corrected chi connectivity index (χ3v) is 5.58. The number of fused-ring (bicyclic) bond motifs is 1.